The van der Waals surface area contributed by atoms with Crippen molar-refractivity contribution >= 4 is 0 Å². The molecule has 0 unspecified atom stereocenters. The largest absolute Gasteiger partial charge is 0.212 e. The van der Waals surface area contributed by atoms with Crippen LogP contribution in [0.1, 0.15) is 47.2 Å². The van der Waals surface area contributed by atoms with Gasteiger partial charge in [-0.3, -0.25) is 0 Å². The molecule has 6 rings (SSSR count). The van der Waals surface area contributed by atoms with Gasteiger partial charge in [-0.05, 0) is 100 Å². The third-order valence-corrected chi connectivity index (χ3v) is 8.18. The summed E-state index contributed by atoms with van der Waals surface area (Å²) in [6, 6.07) is 34.5. The Kier molecular flexibility index (Phi) is 8.82. The van der Waals surface area contributed by atoms with E-state index in [2.05, 4.69) is 87.1 Å². The monoisotopic (exact) mass is 614 g/mol. The zero-order chi connectivity index (χ0) is 38.4. The molecule has 46 heavy (non-hydrogen) atoms. The summed E-state index contributed by atoms with van der Waals surface area (Å²) in [4.78, 5) is 0. The molecule has 0 atom stereocenters. The van der Waals surface area contributed by atoms with E-state index in [1.165, 1.54) is 33.5 Å². The second-order valence-corrected chi connectivity index (χ2v) is 11.9. The SMILES string of the molecule is Cc1cc[n+](C)c(-c2ccccc2C)c1.[2H]C([2H])([2H])c1c[n+](C)c(-c2ccccc2C)cc1C.[2H]C([2H])([2H])c1ccc(-c2ccccc2C)[n+](C)c1. The van der Waals surface area contributed by atoms with Crippen LogP contribution in [0.2, 0.25) is 0 Å². The van der Waals surface area contributed by atoms with Crippen molar-refractivity contribution in [2.45, 2.75) is 48.3 Å². The van der Waals surface area contributed by atoms with Gasteiger partial charge in [-0.1, -0.05) is 54.6 Å². The highest BCUT2D eigenvalue weighted by Crippen LogP contribution is 2.22. The van der Waals surface area contributed by atoms with Crippen LogP contribution in [0.4, 0.5) is 0 Å². The van der Waals surface area contributed by atoms with E-state index in [9.17, 15) is 0 Å². The molecule has 0 aliphatic carbocycles. The molecule has 0 radical (unpaired) electrons. The maximum Gasteiger partial charge on any atom is 0.212 e. The average molecular weight is 615 g/mol. The van der Waals surface area contributed by atoms with E-state index < -0.39 is 13.7 Å². The van der Waals surface area contributed by atoms with Gasteiger partial charge in [-0.15, -0.1) is 0 Å². The number of rotatable bonds is 3. The van der Waals surface area contributed by atoms with E-state index in [4.69, 9.17) is 8.22 Å². The fourth-order valence-corrected chi connectivity index (χ4v) is 5.43. The molecular weight excluding hydrogens is 558 g/mol. The number of aryl methyl sites for hydroxylation is 10. The van der Waals surface area contributed by atoms with Crippen LogP contribution in [0.3, 0.4) is 0 Å². The smallest absolute Gasteiger partial charge is 0.201 e. The lowest BCUT2D eigenvalue weighted by Gasteiger charge is -2.06. The molecule has 0 amide bonds. The van der Waals surface area contributed by atoms with Crippen LogP contribution in [-0.4, -0.2) is 0 Å². The minimum atomic E-state index is -2.06. The lowest BCUT2D eigenvalue weighted by atomic mass is 10.0. The van der Waals surface area contributed by atoms with E-state index in [-0.39, 0.29) is 0 Å². The van der Waals surface area contributed by atoms with E-state index in [0.717, 1.165) is 28.1 Å². The van der Waals surface area contributed by atoms with Crippen LogP contribution in [0.5, 0.6) is 0 Å². The molecule has 6 aromatic rings. The summed E-state index contributed by atoms with van der Waals surface area (Å²) in [6.07, 6.45) is 5.50. The van der Waals surface area contributed by atoms with Gasteiger partial charge in [-0.2, -0.15) is 0 Å². The van der Waals surface area contributed by atoms with Crippen LogP contribution in [-0.2, 0) is 21.1 Å². The lowest BCUT2D eigenvalue weighted by molar-refractivity contribution is -0.660. The van der Waals surface area contributed by atoms with Crippen molar-refractivity contribution in [3.05, 3.63) is 161 Å². The summed E-state index contributed by atoms with van der Waals surface area (Å²) in [7, 11) is 5.84. The zero-order valence-corrected chi connectivity index (χ0v) is 28.4. The number of hydrogen-bond donors (Lipinski definition) is 0. The van der Waals surface area contributed by atoms with Crippen LogP contribution in [0.15, 0.2) is 122 Å². The summed E-state index contributed by atoms with van der Waals surface area (Å²) in [5.74, 6) is 0. The molecule has 0 fully saturated rings. The summed E-state index contributed by atoms with van der Waals surface area (Å²) >= 11 is 0. The fraction of sp³-hybridized carbons (Fsp3) is 0.233. The topological polar surface area (TPSA) is 11.6 Å². The van der Waals surface area contributed by atoms with Crippen LogP contribution < -0.4 is 13.7 Å². The molecule has 0 saturated heterocycles. The first kappa shape index (κ1) is 26.3. The van der Waals surface area contributed by atoms with Crippen molar-refractivity contribution in [1.29, 1.82) is 0 Å². The van der Waals surface area contributed by atoms with Crippen molar-refractivity contribution in [3.8, 4) is 33.8 Å². The van der Waals surface area contributed by atoms with Gasteiger partial charge in [0, 0.05) is 60.3 Å². The van der Waals surface area contributed by atoms with Crippen molar-refractivity contribution in [3.63, 3.8) is 0 Å². The van der Waals surface area contributed by atoms with Crippen LogP contribution in [0.25, 0.3) is 33.8 Å². The number of benzene rings is 3. The molecular formula is C43H50N3+3. The average Bonchev–Trinajstić information content (AvgIpc) is 3.07. The van der Waals surface area contributed by atoms with Gasteiger partial charge in [0.2, 0.25) is 17.1 Å². The number of nitrogens with zero attached hydrogens (tertiary/aromatic N) is 3. The standard InChI is InChI=1S/C15H18N.2C14H16N/c1-11-7-5-6-8-14(11)15-9-12(2)13(3)10-16(15)4;1-11-8-9-15(3)14(10-11)13-7-5-4-6-12(13)2;1-11-8-9-14(15(3)10-11)13-7-5-4-6-12(13)2/h5-10H,1-4H3;2*4-10H,1-3H3/q3*+1/i3D3;;1D3. The Balaban J connectivity index is 0.000000176. The molecule has 0 aliphatic rings. The molecule has 3 aromatic heterocycles. The minimum Gasteiger partial charge on any atom is -0.201 e. The molecule has 3 heterocycles. The Labute approximate surface area is 285 Å². The summed E-state index contributed by atoms with van der Waals surface area (Å²) in [6.45, 7) is 6.12. The van der Waals surface area contributed by atoms with E-state index in [1.807, 2.05) is 85.6 Å². The van der Waals surface area contributed by atoms with Crippen LogP contribution in [0, 0.1) is 48.3 Å². The quantitative estimate of drug-likeness (QED) is 0.177. The summed E-state index contributed by atoms with van der Waals surface area (Å²) in [5.41, 5.74) is 13.4. The van der Waals surface area contributed by atoms with Gasteiger partial charge < -0.3 is 0 Å². The highest BCUT2D eigenvalue weighted by atomic mass is 14.9. The molecule has 0 aliphatic heterocycles. The van der Waals surface area contributed by atoms with E-state index in [1.54, 1.807) is 18.5 Å². The maximum absolute atomic E-state index is 7.55. The Morgan fingerprint density at radius 3 is 1.41 bits per heavy atom. The lowest BCUT2D eigenvalue weighted by Crippen LogP contribution is -2.31. The van der Waals surface area contributed by atoms with Gasteiger partial charge in [-0.25, -0.2) is 13.7 Å². The van der Waals surface area contributed by atoms with Gasteiger partial charge >= 0.3 is 0 Å². The third kappa shape index (κ3) is 8.43. The van der Waals surface area contributed by atoms with E-state index >= 15 is 0 Å². The predicted molar refractivity (Wildman–Crippen MR) is 192 cm³/mol. The molecule has 0 spiro atoms. The Morgan fingerprint density at radius 2 is 0.913 bits per heavy atom. The van der Waals surface area contributed by atoms with Crippen LogP contribution >= 0.6 is 0 Å². The molecule has 0 bridgehead atoms. The second kappa shape index (κ2) is 15.4. The molecule has 3 nitrogen and oxygen atoms in total. The Bertz CT molecular complexity index is 2170. The fourth-order valence-electron chi connectivity index (χ4n) is 5.43. The third-order valence-electron chi connectivity index (χ3n) is 8.18. The second-order valence-electron chi connectivity index (χ2n) is 11.9. The molecule has 0 N–H and O–H groups in total. The number of pyridine rings is 3. The molecule has 3 heteroatoms. The Morgan fingerprint density at radius 1 is 0.413 bits per heavy atom. The number of aromatic nitrogens is 3. The number of hydrogen-bond acceptors (Lipinski definition) is 0. The first-order valence-corrected chi connectivity index (χ1v) is 15.5. The first-order valence-electron chi connectivity index (χ1n) is 18.5. The van der Waals surface area contributed by atoms with Crippen molar-refractivity contribution < 1.29 is 21.9 Å². The molecule has 0 saturated carbocycles. The summed E-state index contributed by atoms with van der Waals surface area (Å²) < 4.78 is 50.8. The highest BCUT2D eigenvalue weighted by Gasteiger charge is 2.14. The van der Waals surface area contributed by atoms with Crippen molar-refractivity contribution in [2.75, 3.05) is 0 Å². The molecule has 3 aromatic carbocycles. The van der Waals surface area contributed by atoms with Crippen molar-refractivity contribution in [2.24, 2.45) is 21.1 Å². The predicted octanol–water partition coefficient (Wildman–Crippen LogP) is 8.69. The Hall–Kier alpha value is -4.89. The van der Waals surface area contributed by atoms with Gasteiger partial charge in [0.1, 0.15) is 21.1 Å². The maximum atomic E-state index is 7.55. The zero-order valence-electron chi connectivity index (χ0n) is 34.4. The van der Waals surface area contributed by atoms with Gasteiger partial charge in [0.25, 0.3) is 0 Å². The highest BCUT2D eigenvalue weighted by molar-refractivity contribution is 5.62. The van der Waals surface area contributed by atoms with Crippen molar-refractivity contribution in [1.82, 2.24) is 0 Å². The van der Waals surface area contributed by atoms with E-state index in [0.29, 0.717) is 11.1 Å². The van der Waals surface area contributed by atoms with Gasteiger partial charge in [0.15, 0.2) is 18.6 Å². The normalized spacial score (nSPS) is 12.9. The molecule has 234 valence electrons. The first-order chi connectivity index (χ1) is 24.4. The minimum absolute atomic E-state index is 0.363. The van der Waals surface area contributed by atoms with Gasteiger partial charge in [0.05, 0.1) is 0 Å². The summed E-state index contributed by atoms with van der Waals surface area (Å²) in [5, 5.41) is 0.